The van der Waals surface area contributed by atoms with Gasteiger partial charge in [0.1, 0.15) is 11.2 Å². The van der Waals surface area contributed by atoms with Crippen molar-refractivity contribution >= 4 is 23.4 Å². The van der Waals surface area contributed by atoms with Crippen molar-refractivity contribution in [2.75, 3.05) is 32.1 Å². The van der Waals surface area contributed by atoms with E-state index in [0.717, 1.165) is 17.7 Å². The standard InChI is InChI=1S/C26H38N6O3/c1-7-14-32-24(34)22-21(23(33)28-15-19-8-10-20(11-9-19)30(5)6)29-17-31(22)16-26(32,4)25(35)27-13-12-18(2)3/h8-11,17-18H,7,12-16H2,1-6H3,(H,27,35)(H,28,33)/t26-/m1/s1. The molecule has 190 valence electrons. The van der Waals surface area contributed by atoms with Crippen LogP contribution in [0.15, 0.2) is 30.6 Å². The van der Waals surface area contributed by atoms with Crippen LogP contribution in [0.5, 0.6) is 0 Å². The van der Waals surface area contributed by atoms with E-state index in [0.29, 0.717) is 32.0 Å². The Morgan fingerprint density at radius 2 is 1.86 bits per heavy atom. The van der Waals surface area contributed by atoms with Gasteiger partial charge in [-0.05, 0) is 43.4 Å². The summed E-state index contributed by atoms with van der Waals surface area (Å²) in [6.07, 6.45) is 3.04. The molecule has 0 bridgehead atoms. The highest BCUT2D eigenvalue weighted by molar-refractivity contribution is 6.07. The predicted molar refractivity (Wildman–Crippen MR) is 136 cm³/mol. The Morgan fingerprint density at radius 3 is 2.46 bits per heavy atom. The molecule has 3 rings (SSSR count). The molecule has 0 saturated carbocycles. The zero-order valence-electron chi connectivity index (χ0n) is 21.7. The minimum atomic E-state index is -1.06. The fraction of sp³-hybridized carbons (Fsp3) is 0.538. The summed E-state index contributed by atoms with van der Waals surface area (Å²) in [7, 11) is 3.94. The summed E-state index contributed by atoms with van der Waals surface area (Å²) in [6, 6.07) is 7.88. The van der Waals surface area contributed by atoms with Crippen molar-refractivity contribution in [1.29, 1.82) is 0 Å². The first-order valence-corrected chi connectivity index (χ1v) is 12.3. The lowest BCUT2D eigenvalue weighted by atomic mass is 9.93. The second kappa shape index (κ2) is 10.9. The number of rotatable bonds is 10. The summed E-state index contributed by atoms with van der Waals surface area (Å²) in [5, 5.41) is 5.87. The number of aromatic nitrogens is 2. The van der Waals surface area contributed by atoms with Crippen LogP contribution in [0.3, 0.4) is 0 Å². The number of hydrogen-bond donors (Lipinski definition) is 2. The third kappa shape index (κ3) is 5.66. The van der Waals surface area contributed by atoms with Crippen LogP contribution in [0.25, 0.3) is 0 Å². The summed E-state index contributed by atoms with van der Waals surface area (Å²) >= 11 is 0. The van der Waals surface area contributed by atoms with Gasteiger partial charge in [0.25, 0.3) is 11.8 Å². The van der Waals surface area contributed by atoms with Crippen LogP contribution in [0.2, 0.25) is 0 Å². The van der Waals surface area contributed by atoms with Crippen molar-refractivity contribution in [3.05, 3.63) is 47.5 Å². The number of benzene rings is 1. The minimum absolute atomic E-state index is 0.0864. The minimum Gasteiger partial charge on any atom is -0.378 e. The first-order chi connectivity index (χ1) is 16.6. The third-order valence-corrected chi connectivity index (χ3v) is 6.42. The number of amides is 3. The number of carbonyl (C=O) groups excluding carboxylic acids is 3. The normalized spacial score (nSPS) is 17.3. The van der Waals surface area contributed by atoms with Crippen molar-refractivity contribution in [3.63, 3.8) is 0 Å². The monoisotopic (exact) mass is 482 g/mol. The van der Waals surface area contributed by atoms with Crippen LogP contribution in [0.4, 0.5) is 5.69 Å². The van der Waals surface area contributed by atoms with Gasteiger partial charge in [-0.3, -0.25) is 14.4 Å². The molecule has 9 nitrogen and oxygen atoms in total. The summed E-state index contributed by atoms with van der Waals surface area (Å²) in [6.45, 7) is 9.49. The second-order valence-electron chi connectivity index (χ2n) is 9.98. The Bertz CT molecular complexity index is 1060. The molecule has 3 amide bonds. The molecule has 2 heterocycles. The number of nitrogens with zero attached hydrogens (tertiary/aromatic N) is 4. The van der Waals surface area contributed by atoms with Crippen molar-refractivity contribution in [2.45, 2.75) is 59.2 Å². The predicted octanol–water partition coefficient (Wildman–Crippen LogP) is 2.67. The molecular weight excluding hydrogens is 444 g/mol. The summed E-state index contributed by atoms with van der Waals surface area (Å²) in [4.78, 5) is 47.6. The maximum atomic E-state index is 13.6. The zero-order valence-corrected chi connectivity index (χ0v) is 21.7. The lowest BCUT2D eigenvalue weighted by molar-refractivity contribution is -0.132. The molecule has 1 aromatic carbocycles. The molecule has 9 heteroatoms. The van der Waals surface area contributed by atoms with E-state index < -0.39 is 11.4 Å². The molecule has 0 spiro atoms. The van der Waals surface area contributed by atoms with E-state index in [1.807, 2.05) is 50.2 Å². The van der Waals surface area contributed by atoms with Gasteiger partial charge < -0.3 is 25.0 Å². The van der Waals surface area contributed by atoms with E-state index in [-0.39, 0.29) is 29.7 Å². The second-order valence-corrected chi connectivity index (χ2v) is 9.98. The first kappa shape index (κ1) is 26.2. The van der Waals surface area contributed by atoms with E-state index in [2.05, 4.69) is 29.5 Å². The van der Waals surface area contributed by atoms with Crippen LogP contribution in [0, 0.1) is 5.92 Å². The van der Waals surface area contributed by atoms with Crippen LogP contribution in [0.1, 0.15) is 67.1 Å². The molecule has 1 aliphatic heterocycles. The topological polar surface area (TPSA) is 99.6 Å². The highest BCUT2D eigenvalue weighted by atomic mass is 16.2. The van der Waals surface area contributed by atoms with Gasteiger partial charge in [0, 0.05) is 39.4 Å². The molecule has 35 heavy (non-hydrogen) atoms. The molecule has 2 aromatic rings. The average Bonchev–Trinajstić information content (AvgIpc) is 3.23. The molecular formula is C26H38N6O3. The third-order valence-electron chi connectivity index (χ3n) is 6.42. The average molecular weight is 483 g/mol. The molecule has 0 radical (unpaired) electrons. The number of fused-ring (bicyclic) bond motifs is 1. The van der Waals surface area contributed by atoms with Crippen LogP contribution >= 0.6 is 0 Å². The fourth-order valence-corrected chi connectivity index (χ4v) is 4.27. The molecule has 0 aliphatic carbocycles. The Labute approximate surface area is 207 Å². The highest BCUT2D eigenvalue weighted by Gasteiger charge is 2.48. The highest BCUT2D eigenvalue weighted by Crippen LogP contribution is 2.29. The van der Waals surface area contributed by atoms with Gasteiger partial charge in [-0.1, -0.05) is 32.9 Å². The van der Waals surface area contributed by atoms with E-state index in [1.165, 1.54) is 6.33 Å². The molecule has 1 aromatic heterocycles. The Morgan fingerprint density at radius 1 is 1.17 bits per heavy atom. The van der Waals surface area contributed by atoms with Gasteiger partial charge in [-0.25, -0.2) is 4.98 Å². The van der Waals surface area contributed by atoms with Gasteiger partial charge in [-0.2, -0.15) is 0 Å². The van der Waals surface area contributed by atoms with E-state index >= 15 is 0 Å². The molecule has 1 aliphatic rings. The fourth-order valence-electron chi connectivity index (χ4n) is 4.27. The molecule has 1 atom stereocenters. The maximum absolute atomic E-state index is 13.6. The van der Waals surface area contributed by atoms with Gasteiger partial charge in [-0.15, -0.1) is 0 Å². The maximum Gasteiger partial charge on any atom is 0.273 e. The van der Waals surface area contributed by atoms with Gasteiger partial charge in [0.15, 0.2) is 5.69 Å². The summed E-state index contributed by atoms with van der Waals surface area (Å²) < 4.78 is 1.64. The first-order valence-electron chi connectivity index (χ1n) is 12.3. The van der Waals surface area contributed by atoms with E-state index in [4.69, 9.17) is 0 Å². The quantitative estimate of drug-likeness (QED) is 0.542. The van der Waals surface area contributed by atoms with Gasteiger partial charge in [0.05, 0.1) is 12.9 Å². The largest absolute Gasteiger partial charge is 0.378 e. The van der Waals surface area contributed by atoms with Crippen LogP contribution in [-0.4, -0.2) is 64.9 Å². The Hall–Kier alpha value is -3.36. The van der Waals surface area contributed by atoms with Crippen molar-refractivity contribution < 1.29 is 14.4 Å². The van der Waals surface area contributed by atoms with Crippen molar-refractivity contribution in [1.82, 2.24) is 25.1 Å². The molecule has 0 fully saturated rings. The van der Waals surface area contributed by atoms with Crippen molar-refractivity contribution in [2.24, 2.45) is 5.92 Å². The SMILES string of the molecule is CCCN1C(=O)c2c(C(=O)NCc3ccc(N(C)C)cc3)ncn2C[C@]1(C)C(=O)NCCC(C)C. The number of carbonyl (C=O) groups is 3. The number of hydrogen-bond acceptors (Lipinski definition) is 5. The van der Waals surface area contributed by atoms with E-state index in [9.17, 15) is 14.4 Å². The van der Waals surface area contributed by atoms with Gasteiger partial charge in [0.2, 0.25) is 5.91 Å². The Balaban J connectivity index is 1.78. The van der Waals surface area contributed by atoms with Crippen molar-refractivity contribution in [3.8, 4) is 0 Å². The number of imidazole rings is 1. The van der Waals surface area contributed by atoms with Crippen LogP contribution < -0.4 is 15.5 Å². The molecule has 0 saturated heterocycles. The Kier molecular flexibility index (Phi) is 8.19. The number of anilines is 1. The lowest BCUT2D eigenvalue weighted by Crippen LogP contribution is -2.64. The molecule has 2 N–H and O–H groups in total. The zero-order chi connectivity index (χ0) is 25.8. The lowest BCUT2D eigenvalue weighted by Gasteiger charge is -2.43. The van der Waals surface area contributed by atoms with E-state index in [1.54, 1.807) is 16.4 Å². The molecule has 0 unspecified atom stereocenters. The summed E-state index contributed by atoms with van der Waals surface area (Å²) in [5.41, 5.74) is 1.28. The summed E-state index contributed by atoms with van der Waals surface area (Å²) in [5.74, 6) is -0.482. The van der Waals surface area contributed by atoms with Crippen LogP contribution in [-0.2, 0) is 17.9 Å². The smallest absolute Gasteiger partial charge is 0.273 e. The van der Waals surface area contributed by atoms with Gasteiger partial charge >= 0.3 is 0 Å². The number of nitrogens with one attached hydrogen (secondary N) is 2.